The van der Waals surface area contributed by atoms with Crippen molar-refractivity contribution in [3.05, 3.63) is 35.9 Å². The van der Waals surface area contributed by atoms with Crippen LogP contribution in [0.15, 0.2) is 30.3 Å². The van der Waals surface area contributed by atoms with Gasteiger partial charge in [-0.3, -0.25) is 0 Å². The number of rotatable bonds is 6. The number of nitrogens with one attached hydrogen (secondary N) is 1. The highest BCUT2D eigenvalue weighted by atomic mass is 32.2. The Morgan fingerprint density at radius 3 is 2.43 bits per heavy atom. The third-order valence-electron chi connectivity index (χ3n) is 3.98. The summed E-state index contributed by atoms with van der Waals surface area (Å²) in [5.74, 6) is 0.352. The molecule has 21 heavy (non-hydrogen) atoms. The van der Waals surface area contributed by atoms with Crippen molar-refractivity contribution in [2.75, 3.05) is 26.7 Å². The van der Waals surface area contributed by atoms with E-state index in [1.807, 2.05) is 18.2 Å². The number of methoxy groups -OCH3 is 1. The van der Waals surface area contributed by atoms with Crippen LogP contribution >= 0.6 is 0 Å². The summed E-state index contributed by atoms with van der Waals surface area (Å²) >= 11 is 0. The summed E-state index contributed by atoms with van der Waals surface area (Å²) in [4.78, 5) is 0. The van der Waals surface area contributed by atoms with Gasteiger partial charge in [0.05, 0.1) is 6.10 Å². The zero-order valence-corrected chi connectivity index (χ0v) is 13.5. The van der Waals surface area contributed by atoms with Crippen LogP contribution in [0.3, 0.4) is 0 Å². The molecule has 1 atom stereocenters. The molecule has 0 radical (unpaired) electrons. The first-order chi connectivity index (χ1) is 10.1. The molecule has 0 aliphatic carbocycles. The molecule has 1 aromatic carbocycles. The van der Waals surface area contributed by atoms with Crippen LogP contribution in [0, 0.1) is 5.92 Å². The Balaban J connectivity index is 2.00. The molecular weight excluding hydrogens is 288 g/mol. The molecule has 0 spiro atoms. The summed E-state index contributed by atoms with van der Waals surface area (Å²) in [5, 5.41) is 0. The third-order valence-corrected chi connectivity index (χ3v) is 5.67. The zero-order valence-electron chi connectivity index (χ0n) is 12.7. The van der Waals surface area contributed by atoms with Crippen molar-refractivity contribution < 1.29 is 13.2 Å². The SMILES string of the molecule is CCNS(=O)(=O)N1CCC(C(OC)c2ccccc2)CC1. The number of hydrogen-bond acceptors (Lipinski definition) is 3. The van der Waals surface area contributed by atoms with Gasteiger partial charge in [-0.2, -0.15) is 12.7 Å². The molecule has 1 aliphatic rings. The van der Waals surface area contributed by atoms with E-state index < -0.39 is 10.2 Å². The minimum atomic E-state index is -3.31. The smallest absolute Gasteiger partial charge is 0.279 e. The summed E-state index contributed by atoms with van der Waals surface area (Å²) in [5.41, 5.74) is 1.16. The maximum Gasteiger partial charge on any atom is 0.279 e. The second kappa shape index (κ2) is 7.35. The fourth-order valence-electron chi connectivity index (χ4n) is 2.94. The Hall–Kier alpha value is -0.950. The average Bonchev–Trinajstić information content (AvgIpc) is 2.50. The highest BCUT2D eigenvalue weighted by Crippen LogP contribution is 2.33. The van der Waals surface area contributed by atoms with Gasteiger partial charge < -0.3 is 4.74 Å². The molecule has 6 heteroatoms. The van der Waals surface area contributed by atoms with Crippen molar-refractivity contribution >= 4 is 10.2 Å². The van der Waals surface area contributed by atoms with Crippen LogP contribution in [0.1, 0.15) is 31.4 Å². The van der Waals surface area contributed by atoms with Crippen molar-refractivity contribution in [1.29, 1.82) is 0 Å². The lowest BCUT2D eigenvalue weighted by Crippen LogP contribution is -2.45. The number of ether oxygens (including phenoxy) is 1. The first-order valence-corrected chi connectivity index (χ1v) is 8.85. The standard InChI is InChI=1S/C15H24N2O3S/c1-3-16-21(18,19)17-11-9-14(10-12-17)15(20-2)13-7-5-4-6-8-13/h4-8,14-16H,3,9-12H2,1-2H3. The van der Waals surface area contributed by atoms with Crippen molar-refractivity contribution in [1.82, 2.24) is 9.03 Å². The van der Waals surface area contributed by atoms with Gasteiger partial charge in [-0.05, 0) is 24.3 Å². The van der Waals surface area contributed by atoms with Gasteiger partial charge in [0.2, 0.25) is 0 Å². The average molecular weight is 312 g/mol. The molecule has 0 aromatic heterocycles. The third kappa shape index (κ3) is 4.03. The van der Waals surface area contributed by atoms with Gasteiger partial charge in [0.15, 0.2) is 0 Å². The van der Waals surface area contributed by atoms with Crippen molar-refractivity contribution in [2.45, 2.75) is 25.9 Å². The normalized spacial score (nSPS) is 19.5. The molecule has 1 aliphatic heterocycles. The van der Waals surface area contributed by atoms with Crippen molar-refractivity contribution in [2.24, 2.45) is 5.92 Å². The fraction of sp³-hybridized carbons (Fsp3) is 0.600. The van der Waals surface area contributed by atoms with E-state index in [9.17, 15) is 8.42 Å². The summed E-state index contributed by atoms with van der Waals surface area (Å²) in [7, 11) is -1.59. The van der Waals surface area contributed by atoms with Crippen molar-refractivity contribution in [3.8, 4) is 0 Å². The van der Waals surface area contributed by atoms with Crippen molar-refractivity contribution in [3.63, 3.8) is 0 Å². The van der Waals surface area contributed by atoms with Crippen LogP contribution in [-0.2, 0) is 14.9 Å². The van der Waals surface area contributed by atoms with Crippen LogP contribution in [0.2, 0.25) is 0 Å². The number of benzene rings is 1. The quantitative estimate of drug-likeness (QED) is 0.873. The van der Waals surface area contributed by atoms with Crippen LogP contribution in [0.25, 0.3) is 0 Å². The molecule has 1 unspecified atom stereocenters. The molecule has 1 N–H and O–H groups in total. The maximum atomic E-state index is 12.0. The second-order valence-corrected chi connectivity index (χ2v) is 7.06. The second-order valence-electron chi connectivity index (χ2n) is 5.31. The zero-order chi connectivity index (χ0) is 15.3. The van der Waals surface area contributed by atoms with Gasteiger partial charge in [0, 0.05) is 26.7 Å². The number of nitrogens with zero attached hydrogens (tertiary/aromatic N) is 1. The van der Waals surface area contributed by atoms with Gasteiger partial charge in [-0.15, -0.1) is 0 Å². The summed E-state index contributed by atoms with van der Waals surface area (Å²) in [6, 6.07) is 10.1. The van der Waals surface area contributed by atoms with E-state index in [2.05, 4.69) is 16.9 Å². The molecule has 5 nitrogen and oxygen atoms in total. The van der Waals surface area contributed by atoms with E-state index in [4.69, 9.17) is 4.74 Å². The lowest BCUT2D eigenvalue weighted by Gasteiger charge is -2.34. The minimum Gasteiger partial charge on any atom is -0.376 e. The topological polar surface area (TPSA) is 58.6 Å². The molecule has 0 bridgehead atoms. The van der Waals surface area contributed by atoms with E-state index in [0.717, 1.165) is 18.4 Å². The van der Waals surface area contributed by atoms with Crippen LogP contribution in [0.5, 0.6) is 0 Å². The largest absolute Gasteiger partial charge is 0.376 e. The summed E-state index contributed by atoms with van der Waals surface area (Å²) in [6.07, 6.45) is 1.67. The molecule has 1 saturated heterocycles. The molecule has 2 rings (SSSR count). The number of piperidine rings is 1. The lowest BCUT2D eigenvalue weighted by molar-refractivity contribution is 0.0302. The van der Waals surface area contributed by atoms with Gasteiger partial charge in [0.25, 0.3) is 10.2 Å². The highest BCUT2D eigenvalue weighted by molar-refractivity contribution is 7.87. The Labute approximate surface area is 127 Å². The first kappa shape index (κ1) is 16.4. The Kier molecular flexibility index (Phi) is 5.75. The fourth-order valence-corrected chi connectivity index (χ4v) is 4.17. The molecule has 1 fully saturated rings. The van der Waals surface area contributed by atoms with E-state index in [-0.39, 0.29) is 6.10 Å². The molecule has 0 amide bonds. The Morgan fingerprint density at radius 1 is 1.29 bits per heavy atom. The predicted octanol–water partition coefficient (Wildman–Crippen LogP) is 1.94. The Bertz CT molecular complexity index is 525. The van der Waals surface area contributed by atoms with Gasteiger partial charge >= 0.3 is 0 Å². The summed E-state index contributed by atoms with van der Waals surface area (Å²) in [6.45, 7) is 3.31. The van der Waals surface area contributed by atoms with E-state index in [1.165, 1.54) is 4.31 Å². The van der Waals surface area contributed by atoms with Crippen LogP contribution in [0.4, 0.5) is 0 Å². The van der Waals surface area contributed by atoms with Gasteiger partial charge in [0.1, 0.15) is 0 Å². The predicted molar refractivity (Wildman–Crippen MR) is 83.1 cm³/mol. The van der Waals surface area contributed by atoms with Gasteiger partial charge in [-0.1, -0.05) is 37.3 Å². The van der Waals surface area contributed by atoms with Crippen LogP contribution < -0.4 is 4.72 Å². The lowest BCUT2D eigenvalue weighted by atomic mass is 9.88. The molecule has 1 heterocycles. The monoisotopic (exact) mass is 312 g/mol. The van der Waals surface area contributed by atoms with E-state index in [1.54, 1.807) is 14.0 Å². The Morgan fingerprint density at radius 2 is 1.90 bits per heavy atom. The van der Waals surface area contributed by atoms with E-state index >= 15 is 0 Å². The van der Waals surface area contributed by atoms with Gasteiger partial charge in [-0.25, -0.2) is 4.72 Å². The molecular formula is C15H24N2O3S. The highest BCUT2D eigenvalue weighted by Gasteiger charge is 2.32. The number of hydrogen-bond donors (Lipinski definition) is 1. The maximum absolute atomic E-state index is 12.0. The molecule has 0 saturated carbocycles. The molecule has 1 aromatic rings. The van der Waals surface area contributed by atoms with E-state index in [0.29, 0.717) is 25.6 Å². The minimum absolute atomic E-state index is 0.0372. The summed E-state index contributed by atoms with van der Waals surface area (Å²) < 4.78 is 33.7. The van der Waals surface area contributed by atoms with Crippen LogP contribution in [-0.4, -0.2) is 39.5 Å². The molecule has 118 valence electrons. The first-order valence-electron chi connectivity index (χ1n) is 7.41.